The Morgan fingerprint density at radius 1 is 1.25 bits per heavy atom. The summed E-state index contributed by atoms with van der Waals surface area (Å²) in [4.78, 5) is 26.8. The minimum Gasteiger partial charge on any atom is -0.321 e. The molecule has 1 aromatic carbocycles. The first-order chi connectivity index (χ1) is 11.2. The summed E-state index contributed by atoms with van der Waals surface area (Å²) < 4.78 is 1.73. The van der Waals surface area contributed by atoms with Crippen molar-refractivity contribution in [3.05, 3.63) is 41.2 Å². The summed E-state index contributed by atoms with van der Waals surface area (Å²) in [6.07, 6.45) is 0. The van der Waals surface area contributed by atoms with Crippen molar-refractivity contribution in [1.29, 1.82) is 0 Å². The van der Waals surface area contributed by atoms with E-state index in [1.54, 1.807) is 9.58 Å². The quantitative estimate of drug-likeness (QED) is 0.941. The second-order valence-corrected chi connectivity index (χ2v) is 6.75. The van der Waals surface area contributed by atoms with Crippen molar-refractivity contribution in [1.82, 2.24) is 9.78 Å². The molecule has 1 N–H and O–H groups in total. The normalized spacial score (nSPS) is 15.5. The summed E-state index contributed by atoms with van der Waals surface area (Å²) in [7, 11) is 1.83. The minimum absolute atomic E-state index is 0.00689. The van der Waals surface area contributed by atoms with Gasteiger partial charge in [-0.1, -0.05) is 18.2 Å². The maximum Gasteiger partial charge on any atom is 0.244 e. The molecular weight excluding hydrogens is 304 g/mol. The fourth-order valence-corrected chi connectivity index (χ4v) is 3.23. The minimum atomic E-state index is -0.614. The number of carbonyl (C=O) groups excluding carboxylic acids is 2. The van der Waals surface area contributed by atoms with Crippen LogP contribution in [-0.2, 0) is 22.1 Å². The lowest BCUT2D eigenvalue weighted by Gasteiger charge is -2.20. The van der Waals surface area contributed by atoms with Gasteiger partial charge in [0, 0.05) is 12.7 Å². The number of anilines is 2. The lowest BCUT2D eigenvalue weighted by molar-refractivity contribution is -0.124. The molecule has 0 saturated heterocycles. The zero-order valence-corrected chi connectivity index (χ0v) is 14.7. The zero-order chi connectivity index (χ0) is 17.6. The summed E-state index contributed by atoms with van der Waals surface area (Å²) in [5.41, 5.74) is 3.50. The maximum absolute atomic E-state index is 12.7. The summed E-state index contributed by atoms with van der Waals surface area (Å²) in [5.74, 6) is -0.284. The molecule has 0 saturated carbocycles. The van der Waals surface area contributed by atoms with Crippen molar-refractivity contribution < 1.29 is 9.59 Å². The predicted octanol–water partition coefficient (Wildman–Crippen LogP) is 2.30. The second kappa shape index (κ2) is 5.47. The third kappa shape index (κ3) is 2.38. The maximum atomic E-state index is 12.7. The Hall–Kier alpha value is -2.63. The highest BCUT2D eigenvalue weighted by atomic mass is 16.2. The molecule has 3 rings (SSSR count). The van der Waals surface area contributed by atoms with Gasteiger partial charge in [0.05, 0.1) is 22.5 Å². The van der Waals surface area contributed by atoms with E-state index in [-0.39, 0.29) is 18.4 Å². The summed E-state index contributed by atoms with van der Waals surface area (Å²) in [6, 6.07) is 7.63. The van der Waals surface area contributed by atoms with Crippen molar-refractivity contribution in [2.24, 2.45) is 7.05 Å². The van der Waals surface area contributed by atoms with Crippen molar-refractivity contribution >= 4 is 23.2 Å². The van der Waals surface area contributed by atoms with Gasteiger partial charge in [-0.2, -0.15) is 5.10 Å². The first-order valence-corrected chi connectivity index (χ1v) is 7.95. The smallest absolute Gasteiger partial charge is 0.244 e. The van der Waals surface area contributed by atoms with Gasteiger partial charge >= 0.3 is 0 Å². The van der Waals surface area contributed by atoms with Crippen LogP contribution < -0.4 is 10.2 Å². The van der Waals surface area contributed by atoms with E-state index in [9.17, 15) is 9.59 Å². The number of amides is 2. The molecule has 2 aromatic rings. The Kier molecular flexibility index (Phi) is 3.70. The Labute approximate surface area is 141 Å². The molecule has 126 valence electrons. The van der Waals surface area contributed by atoms with E-state index in [0.717, 1.165) is 22.6 Å². The number of fused-ring (bicyclic) bond motifs is 1. The molecule has 2 heterocycles. The van der Waals surface area contributed by atoms with E-state index in [4.69, 9.17) is 0 Å². The van der Waals surface area contributed by atoms with Gasteiger partial charge in [0.15, 0.2) is 0 Å². The molecule has 0 radical (unpaired) electrons. The molecule has 0 fully saturated rings. The van der Waals surface area contributed by atoms with Crippen LogP contribution in [0.15, 0.2) is 24.3 Å². The number of benzene rings is 1. The molecule has 2 amide bonds. The van der Waals surface area contributed by atoms with E-state index in [1.807, 2.05) is 59.0 Å². The van der Waals surface area contributed by atoms with Crippen LogP contribution in [0.2, 0.25) is 0 Å². The van der Waals surface area contributed by atoms with Gasteiger partial charge in [0.1, 0.15) is 6.54 Å². The average molecular weight is 326 g/mol. The number of para-hydroxylation sites is 1. The number of aryl methyl sites for hydroxylation is 2. The lowest BCUT2D eigenvalue weighted by atomic mass is 9.86. The fourth-order valence-electron chi connectivity index (χ4n) is 3.23. The van der Waals surface area contributed by atoms with Crippen LogP contribution in [0, 0.1) is 13.8 Å². The molecule has 6 nitrogen and oxygen atoms in total. The Balaban J connectivity index is 1.84. The zero-order valence-electron chi connectivity index (χ0n) is 14.7. The fraction of sp³-hybridized carbons (Fsp3) is 0.389. The number of hydrogen-bond acceptors (Lipinski definition) is 3. The molecule has 0 unspecified atom stereocenters. The third-order valence-electron chi connectivity index (χ3n) is 4.72. The molecule has 0 bridgehead atoms. The van der Waals surface area contributed by atoms with Gasteiger partial charge in [-0.3, -0.25) is 14.3 Å². The van der Waals surface area contributed by atoms with Crippen LogP contribution in [0.3, 0.4) is 0 Å². The van der Waals surface area contributed by atoms with Crippen molar-refractivity contribution in [2.45, 2.75) is 33.1 Å². The number of hydrogen-bond donors (Lipinski definition) is 1. The molecule has 0 spiro atoms. The average Bonchev–Trinajstić information content (AvgIpc) is 2.88. The standard InChI is InChI=1S/C18H22N4O2/c1-11-16(12(2)21(5)20-11)19-15(23)10-22-14-9-7-6-8-13(14)18(3,4)17(22)24/h6-9H,10H2,1-5H3,(H,19,23). The van der Waals surface area contributed by atoms with Gasteiger partial charge in [-0.05, 0) is 39.3 Å². The first kappa shape index (κ1) is 16.2. The largest absolute Gasteiger partial charge is 0.321 e. The molecule has 24 heavy (non-hydrogen) atoms. The van der Waals surface area contributed by atoms with E-state index in [2.05, 4.69) is 10.4 Å². The van der Waals surface area contributed by atoms with Crippen LogP contribution in [0.1, 0.15) is 30.8 Å². The predicted molar refractivity (Wildman–Crippen MR) is 93.1 cm³/mol. The van der Waals surface area contributed by atoms with Gasteiger partial charge in [0.25, 0.3) is 0 Å². The van der Waals surface area contributed by atoms with Crippen molar-refractivity contribution in [3.63, 3.8) is 0 Å². The number of nitrogens with zero attached hydrogens (tertiary/aromatic N) is 3. The van der Waals surface area contributed by atoms with Crippen LogP contribution in [0.4, 0.5) is 11.4 Å². The molecule has 6 heteroatoms. The van der Waals surface area contributed by atoms with E-state index >= 15 is 0 Å². The van der Waals surface area contributed by atoms with Gasteiger partial charge in [-0.15, -0.1) is 0 Å². The number of aromatic nitrogens is 2. The second-order valence-electron chi connectivity index (χ2n) is 6.75. The van der Waals surface area contributed by atoms with Crippen LogP contribution >= 0.6 is 0 Å². The van der Waals surface area contributed by atoms with E-state index < -0.39 is 5.41 Å². The molecule has 0 atom stereocenters. The van der Waals surface area contributed by atoms with Crippen LogP contribution in [0.25, 0.3) is 0 Å². The Morgan fingerprint density at radius 3 is 2.54 bits per heavy atom. The highest BCUT2D eigenvalue weighted by molar-refractivity contribution is 6.11. The lowest BCUT2D eigenvalue weighted by Crippen LogP contribution is -2.40. The molecule has 1 aliphatic rings. The van der Waals surface area contributed by atoms with Crippen LogP contribution in [0.5, 0.6) is 0 Å². The highest BCUT2D eigenvalue weighted by Crippen LogP contribution is 2.41. The van der Waals surface area contributed by atoms with Crippen molar-refractivity contribution in [2.75, 3.05) is 16.8 Å². The Bertz CT molecular complexity index is 836. The van der Waals surface area contributed by atoms with Gasteiger partial charge < -0.3 is 10.2 Å². The molecule has 1 aromatic heterocycles. The molecular formula is C18H22N4O2. The number of carbonyl (C=O) groups is 2. The highest BCUT2D eigenvalue weighted by Gasteiger charge is 2.44. The Morgan fingerprint density at radius 2 is 1.92 bits per heavy atom. The van der Waals surface area contributed by atoms with Crippen molar-refractivity contribution in [3.8, 4) is 0 Å². The monoisotopic (exact) mass is 326 g/mol. The third-order valence-corrected chi connectivity index (χ3v) is 4.72. The summed E-state index contributed by atoms with van der Waals surface area (Å²) >= 11 is 0. The van der Waals surface area contributed by atoms with Crippen LogP contribution in [-0.4, -0.2) is 28.1 Å². The SMILES string of the molecule is Cc1nn(C)c(C)c1NC(=O)CN1C(=O)C(C)(C)c2ccccc21. The molecule has 1 aliphatic heterocycles. The first-order valence-electron chi connectivity index (χ1n) is 7.95. The van der Waals surface area contributed by atoms with Gasteiger partial charge in [0.2, 0.25) is 11.8 Å². The topological polar surface area (TPSA) is 67.2 Å². The van der Waals surface area contributed by atoms with E-state index in [1.165, 1.54) is 0 Å². The number of nitrogens with one attached hydrogen (secondary N) is 1. The summed E-state index contributed by atoms with van der Waals surface area (Å²) in [6.45, 7) is 7.52. The van der Waals surface area contributed by atoms with Gasteiger partial charge in [-0.25, -0.2) is 0 Å². The number of rotatable bonds is 3. The molecule has 0 aliphatic carbocycles. The summed E-state index contributed by atoms with van der Waals surface area (Å²) in [5, 5.41) is 7.18. The van der Waals surface area contributed by atoms with E-state index in [0.29, 0.717) is 5.69 Å².